The molecule has 0 amide bonds. The van der Waals surface area contributed by atoms with Crippen molar-refractivity contribution in [2.75, 3.05) is 0 Å². The fourth-order valence-electron chi connectivity index (χ4n) is 1.80. The summed E-state index contributed by atoms with van der Waals surface area (Å²) in [5.41, 5.74) is 3.16. The van der Waals surface area contributed by atoms with Gasteiger partial charge in [-0.25, -0.2) is 0 Å². The Kier molecular flexibility index (Phi) is 5.51. The van der Waals surface area contributed by atoms with Crippen LogP contribution in [0.4, 0.5) is 8.78 Å². The van der Waals surface area contributed by atoms with Crippen molar-refractivity contribution in [3.05, 3.63) is 50.1 Å². The van der Waals surface area contributed by atoms with Gasteiger partial charge in [0.15, 0.2) is 0 Å². The van der Waals surface area contributed by atoms with E-state index in [0.29, 0.717) is 18.7 Å². The van der Waals surface area contributed by atoms with Crippen LogP contribution in [-0.2, 0) is 13.1 Å². The molecule has 0 bridgehead atoms. The van der Waals surface area contributed by atoms with Crippen LogP contribution in [0.3, 0.4) is 0 Å². The van der Waals surface area contributed by atoms with Crippen molar-refractivity contribution >= 4 is 27.3 Å². The lowest BCUT2D eigenvalue weighted by Gasteiger charge is -2.12. The molecule has 2 rings (SSSR count). The summed E-state index contributed by atoms with van der Waals surface area (Å²) in [6.45, 7) is 0.416. The number of hydrogen-bond donors (Lipinski definition) is 1. The van der Waals surface area contributed by atoms with Crippen LogP contribution in [0.25, 0.3) is 0 Å². The average Bonchev–Trinajstić information content (AvgIpc) is 2.78. The second-order valence-electron chi connectivity index (χ2n) is 4.31. The molecule has 0 unspecified atom stereocenters. The van der Waals surface area contributed by atoms with Gasteiger partial charge in [0.1, 0.15) is 5.75 Å². The van der Waals surface area contributed by atoms with Gasteiger partial charge in [-0.05, 0) is 47.0 Å². The fraction of sp³-hybridized carbons (Fsp3) is 0.286. The topological polar surface area (TPSA) is 21.3 Å². The Morgan fingerprint density at radius 2 is 2.00 bits per heavy atom. The second-order valence-corrected chi connectivity index (χ2v) is 5.97. The highest BCUT2D eigenvalue weighted by Gasteiger charge is 2.10. The van der Waals surface area contributed by atoms with Gasteiger partial charge in [-0.2, -0.15) is 20.1 Å². The zero-order valence-electron chi connectivity index (χ0n) is 10.8. The highest BCUT2D eigenvalue weighted by atomic mass is 79.9. The van der Waals surface area contributed by atoms with Crippen molar-refractivity contribution in [3.8, 4) is 5.75 Å². The van der Waals surface area contributed by atoms with Crippen LogP contribution < -0.4 is 10.1 Å². The maximum Gasteiger partial charge on any atom is 0.387 e. The van der Waals surface area contributed by atoms with E-state index in [1.165, 1.54) is 11.1 Å². The molecule has 108 valence electrons. The molecule has 1 aromatic carbocycles. The van der Waals surface area contributed by atoms with Gasteiger partial charge in [0.25, 0.3) is 0 Å². The third kappa shape index (κ3) is 4.26. The van der Waals surface area contributed by atoms with Crippen molar-refractivity contribution in [1.29, 1.82) is 0 Å². The Morgan fingerprint density at radius 3 is 2.65 bits per heavy atom. The molecule has 2 nitrogen and oxygen atoms in total. The van der Waals surface area contributed by atoms with Crippen LogP contribution in [-0.4, -0.2) is 6.61 Å². The van der Waals surface area contributed by atoms with E-state index in [-0.39, 0.29) is 5.75 Å². The van der Waals surface area contributed by atoms with Gasteiger partial charge in [0, 0.05) is 23.1 Å². The van der Waals surface area contributed by atoms with Crippen LogP contribution in [0, 0.1) is 6.92 Å². The number of rotatable bonds is 6. The number of nitrogens with one attached hydrogen (secondary N) is 1. The van der Waals surface area contributed by atoms with Crippen LogP contribution in [0.5, 0.6) is 5.75 Å². The molecular formula is C14H14BrF2NOS. The Balaban J connectivity index is 2.01. The van der Waals surface area contributed by atoms with E-state index in [1.807, 2.05) is 0 Å². The lowest BCUT2D eigenvalue weighted by molar-refractivity contribution is -0.0505. The lowest BCUT2D eigenvalue weighted by atomic mass is 10.2. The lowest BCUT2D eigenvalue weighted by Crippen LogP contribution is -2.14. The van der Waals surface area contributed by atoms with Gasteiger partial charge in [-0.15, -0.1) is 0 Å². The molecule has 1 N–H and O–H groups in total. The first-order chi connectivity index (χ1) is 9.56. The molecule has 0 saturated carbocycles. The van der Waals surface area contributed by atoms with E-state index in [4.69, 9.17) is 0 Å². The van der Waals surface area contributed by atoms with Gasteiger partial charge < -0.3 is 10.1 Å². The summed E-state index contributed by atoms with van der Waals surface area (Å²) in [6, 6.07) is 5.01. The van der Waals surface area contributed by atoms with Crippen LogP contribution in [0.1, 0.15) is 16.7 Å². The molecule has 0 aliphatic heterocycles. The highest BCUT2D eigenvalue weighted by molar-refractivity contribution is 9.10. The van der Waals surface area contributed by atoms with Gasteiger partial charge in [-0.3, -0.25) is 0 Å². The number of aryl methyl sites for hydroxylation is 1. The largest absolute Gasteiger partial charge is 0.434 e. The van der Waals surface area contributed by atoms with Gasteiger partial charge in [0.2, 0.25) is 0 Å². The number of thiophene rings is 1. The second kappa shape index (κ2) is 7.15. The van der Waals surface area contributed by atoms with E-state index >= 15 is 0 Å². The Labute approximate surface area is 128 Å². The molecule has 1 heterocycles. The number of benzene rings is 1. The SMILES string of the molecule is Cc1cscc1CNCc1cc(Br)ccc1OC(F)F. The smallest absolute Gasteiger partial charge is 0.387 e. The van der Waals surface area contributed by atoms with Crippen molar-refractivity contribution in [3.63, 3.8) is 0 Å². The molecule has 1 aromatic heterocycles. The molecule has 20 heavy (non-hydrogen) atoms. The first-order valence-electron chi connectivity index (χ1n) is 6.02. The normalized spacial score (nSPS) is 11.1. The standard InChI is InChI=1S/C14H14BrF2NOS/c1-9-7-20-8-11(9)6-18-5-10-4-12(15)2-3-13(10)19-14(16)17/h2-4,7-8,14,18H,5-6H2,1H3. The quantitative estimate of drug-likeness (QED) is 0.804. The molecule has 0 atom stereocenters. The summed E-state index contributed by atoms with van der Waals surface area (Å²) < 4.78 is 30.0. The minimum absolute atomic E-state index is 0.206. The number of hydrogen-bond acceptors (Lipinski definition) is 3. The fourth-order valence-corrected chi connectivity index (χ4v) is 3.06. The van der Waals surface area contributed by atoms with Gasteiger partial charge >= 0.3 is 6.61 Å². The van der Waals surface area contributed by atoms with E-state index in [0.717, 1.165) is 4.47 Å². The Hall–Kier alpha value is -0.980. The molecule has 6 heteroatoms. The maximum absolute atomic E-state index is 12.3. The number of alkyl halides is 2. The Bertz CT molecular complexity index is 574. The van der Waals surface area contributed by atoms with E-state index < -0.39 is 6.61 Å². The van der Waals surface area contributed by atoms with Gasteiger partial charge in [-0.1, -0.05) is 15.9 Å². The monoisotopic (exact) mass is 361 g/mol. The van der Waals surface area contributed by atoms with Crippen molar-refractivity contribution in [2.45, 2.75) is 26.6 Å². The van der Waals surface area contributed by atoms with Crippen LogP contribution >= 0.6 is 27.3 Å². The molecule has 0 saturated heterocycles. The molecule has 0 radical (unpaired) electrons. The summed E-state index contributed by atoms with van der Waals surface area (Å²) >= 11 is 4.99. The van der Waals surface area contributed by atoms with E-state index in [1.54, 1.807) is 29.5 Å². The number of ether oxygens (including phenoxy) is 1. The average molecular weight is 362 g/mol. The molecule has 0 spiro atoms. The molecular weight excluding hydrogens is 348 g/mol. The predicted molar refractivity (Wildman–Crippen MR) is 80.4 cm³/mol. The minimum atomic E-state index is -2.81. The minimum Gasteiger partial charge on any atom is -0.434 e. The van der Waals surface area contributed by atoms with Crippen molar-refractivity contribution in [2.24, 2.45) is 0 Å². The molecule has 0 aliphatic rings. The first-order valence-corrected chi connectivity index (χ1v) is 7.75. The highest BCUT2D eigenvalue weighted by Crippen LogP contribution is 2.25. The van der Waals surface area contributed by atoms with Gasteiger partial charge in [0.05, 0.1) is 0 Å². The van der Waals surface area contributed by atoms with Crippen molar-refractivity contribution in [1.82, 2.24) is 5.32 Å². The zero-order chi connectivity index (χ0) is 14.5. The predicted octanol–water partition coefficient (Wildman–Crippen LogP) is 4.71. The van der Waals surface area contributed by atoms with Crippen molar-refractivity contribution < 1.29 is 13.5 Å². The maximum atomic E-state index is 12.3. The van der Waals surface area contributed by atoms with Crippen LogP contribution in [0.2, 0.25) is 0 Å². The summed E-state index contributed by atoms with van der Waals surface area (Å²) in [6.07, 6.45) is 0. The number of halogens is 3. The summed E-state index contributed by atoms with van der Waals surface area (Å²) in [5, 5.41) is 7.41. The van der Waals surface area contributed by atoms with Crippen LogP contribution in [0.15, 0.2) is 33.4 Å². The molecule has 2 aromatic rings. The first kappa shape index (κ1) is 15.4. The molecule has 0 aliphatic carbocycles. The third-order valence-electron chi connectivity index (χ3n) is 2.83. The summed E-state index contributed by atoms with van der Waals surface area (Å²) in [4.78, 5) is 0. The Morgan fingerprint density at radius 1 is 1.25 bits per heavy atom. The van der Waals surface area contributed by atoms with E-state index in [9.17, 15) is 8.78 Å². The summed E-state index contributed by atoms with van der Waals surface area (Å²) in [7, 11) is 0. The zero-order valence-corrected chi connectivity index (χ0v) is 13.2. The van der Waals surface area contributed by atoms with E-state index in [2.05, 4.69) is 43.7 Å². The molecule has 0 fully saturated rings. The summed E-state index contributed by atoms with van der Waals surface area (Å²) in [5.74, 6) is 0.206. The third-order valence-corrected chi connectivity index (χ3v) is 4.23.